The molecule has 0 aliphatic heterocycles. The third-order valence-electron chi connectivity index (χ3n) is 3.67. The maximum Gasteiger partial charge on any atom is 0.0342 e. The molecule has 0 amide bonds. The molecule has 0 aliphatic rings. The van der Waals surface area contributed by atoms with Crippen LogP contribution >= 0.6 is 72.3 Å². The molecule has 0 radical (unpaired) electrons. The van der Waals surface area contributed by atoms with E-state index in [0.717, 1.165) is 20.2 Å². The predicted octanol–water partition coefficient (Wildman–Crippen LogP) is 7.88. The summed E-state index contributed by atoms with van der Waals surface area (Å²) in [5, 5.41) is 0. The fraction of sp³-hybridized carbons (Fsp3) is 0.200. The molecule has 0 heterocycles. The Balaban J connectivity index is 2.23. The van der Waals surface area contributed by atoms with Gasteiger partial charge in [0.2, 0.25) is 0 Å². The van der Waals surface area contributed by atoms with Crippen molar-refractivity contribution in [3.63, 3.8) is 0 Å². The number of thiol groups is 2. The second kappa shape index (κ2) is 11.1. The summed E-state index contributed by atoms with van der Waals surface area (Å²) in [7, 11) is 0. The van der Waals surface area contributed by atoms with Crippen molar-refractivity contribution < 1.29 is 0 Å². The van der Waals surface area contributed by atoms with Crippen molar-refractivity contribution in [2.24, 2.45) is 0 Å². The molecule has 0 saturated carbocycles. The first-order valence-electron chi connectivity index (χ1n) is 7.78. The van der Waals surface area contributed by atoms with E-state index in [-0.39, 0.29) is 0 Å². The van der Waals surface area contributed by atoms with Gasteiger partial charge in [0.1, 0.15) is 0 Å². The van der Waals surface area contributed by atoms with Gasteiger partial charge < -0.3 is 0 Å². The topological polar surface area (TPSA) is 0 Å². The van der Waals surface area contributed by atoms with Crippen LogP contribution in [0.5, 0.6) is 0 Å². The largest absolute Gasteiger partial charge is 0.142 e. The highest BCUT2D eigenvalue weighted by Gasteiger charge is 2.08. The van der Waals surface area contributed by atoms with Crippen molar-refractivity contribution in [1.29, 1.82) is 0 Å². The van der Waals surface area contributed by atoms with Gasteiger partial charge in [-0.2, -0.15) is 0 Å². The lowest BCUT2D eigenvalue weighted by Crippen LogP contribution is -1.85. The van der Waals surface area contributed by atoms with Gasteiger partial charge in [-0.05, 0) is 60.4 Å². The molecule has 0 spiro atoms. The van der Waals surface area contributed by atoms with E-state index in [1.54, 1.807) is 35.3 Å². The van der Waals surface area contributed by atoms with Crippen LogP contribution in [-0.4, -0.2) is 25.0 Å². The lowest BCUT2D eigenvalue weighted by molar-refractivity contribution is 1.12. The van der Waals surface area contributed by atoms with Crippen molar-refractivity contribution in [3.8, 4) is 0 Å². The fourth-order valence-corrected chi connectivity index (χ4v) is 6.39. The highest BCUT2D eigenvalue weighted by molar-refractivity contribution is 8.03. The van der Waals surface area contributed by atoms with Crippen molar-refractivity contribution in [3.05, 3.63) is 47.5 Å². The molecule has 0 N–H and O–H groups in total. The van der Waals surface area contributed by atoms with Crippen molar-refractivity contribution in [2.45, 2.75) is 29.4 Å². The minimum Gasteiger partial charge on any atom is -0.142 e. The van der Waals surface area contributed by atoms with Gasteiger partial charge in [0, 0.05) is 29.4 Å². The number of thioether (sulfide) groups is 4. The summed E-state index contributed by atoms with van der Waals surface area (Å²) in [6.07, 6.45) is 16.9. The molecule has 0 aliphatic carbocycles. The van der Waals surface area contributed by atoms with Gasteiger partial charge in [-0.1, -0.05) is 24.3 Å². The Morgan fingerprint density at radius 2 is 1.12 bits per heavy atom. The van der Waals surface area contributed by atoms with Gasteiger partial charge in [-0.25, -0.2) is 0 Å². The first kappa shape index (κ1) is 22.3. The molecule has 0 saturated heterocycles. The molecule has 2 aromatic rings. The second-order valence-electron chi connectivity index (χ2n) is 5.27. The van der Waals surface area contributed by atoms with Gasteiger partial charge in [0.25, 0.3) is 0 Å². The van der Waals surface area contributed by atoms with E-state index in [9.17, 15) is 0 Å². The van der Waals surface area contributed by atoms with E-state index in [0.29, 0.717) is 0 Å². The normalized spacial score (nSPS) is 11.8. The number of benzene rings is 2. The third kappa shape index (κ3) is 5.76. The number of hydrogen-bond donors (Lipinski definition) is 2. The van der Waals surface area contributed by atoms with Crippen LogP contribution in [0.4, 0.5) is 0 Å². The summed E-state index contributed by atoms with van der Waals surface area (Å²) in [5.74, 6) is 0. The average molecular weight is 455 g/mol. The Morgan fingerprint density at radius 3 is 1.58 bits per heavy atom. The number of allylic oxidation sites excluding steroid dienone is 2. The summed E-state index contributed by atoms with van der Waals surface area (Å²) in [6.45, 7) is 0. The van der Waals surface area contributed by atoms with Crippen LogP contribution in [0.2, 0.25) is 0 Å². The number of hydrogen-bond acceptors (Lipinski definition) is 6. The van der Waals surface area contributed by atoms with Gasteiger partial charge in [-0.3, -0.25) is 0 Å². The quantitative estimate of drug-likeness (QED) is 0.248. The van der Waals surface area contributed by atoms with Gasteiger partial charge >= 0.3 is 0 Å². The second-order valence-corrected chi connectivity index (χ2v) is 9.56. The minimum atomic E-state index is 0.908. The van der Waals surface area contributed by atoms with Gasteiger partial charge in [0.15, 0.2) is 0 Å². The zero-order valence-electron chi connectivity index (χ0n) is 15.1. The Labute approximate surface area is 185 Å². The summed E-state index contributed by atoms with van der Waals surface area (Å²) >= 11 is 16.1. The van der Waals surface area contributed by atoms with Gasteiger partial charge in [0.05, 0.1) is 0 Å². The molecule has 138 valence electrons. The Bertz CT molecular complexity index is 798. The zero-order chi connectivity index (χ0) is 19.1. The van der Waals surface area contributed by atoms with Crippen molar-refractivity contribution in [1.82, 2.24) is 0 Å². The highest BCUT2D eigenvalue weighted by Crippen LogP contribution is 2.37. The van der Waals surface area contributed by atoms with E-state index in [2.05, 4.69) is 92.8 Å². The summed E-state index contributed by atoms with van der Waals surface area (Å²) in [6, 6.07) is 8.70. The van der Waals surface area contributed by atoms with Crippen LogP contribution < -0.4 is 0 Å². The van der Waals surface area contributed by atoms with E-state index in [4.69, 9.17) is 0 Å². The molecule has 0 nitrogen and oxygen atoms in total. The lowest BCUT2D eigenvalue weighted by atomic mass is 10.2. The number of rotatable bonds is 7. The third-order valence-corrected chi connectivity index (χ3v) is 8.23. The fourth-order valence-electron chi connectivity index (χ4n) is 2.40. The van der Waals surface area contributed by atoms with Gasteiger partial charge in [-0.15, -0.1) is 72.3 Å². The van der Waals surface area contributed by atoms with Crippen LogP contribution in [0.25, 0.3) is 12.2 Å². The van der Waals surface area contributed by atoms with E-state index < -0.39 is 0 Å². The lowest BCUT2D eigenvalue weighted by Gasteiger charge is -2.11. The van der Waals surface area contributed by atoms with Crippen molar-refractivity contribution >= 4 is 84.5 Å². The van der Waals surface area contributed by atoms with Crippen LogP contribution in [0.15, 0.2) is 65.8 Å². The Kier molecular flexibility index (Phi) is 9.55. The Hall–Kier alpha value is 0.0200. The maximum absolute atomic E-state index is 4.51. The summed E-state index contributed by atoms with van der Waals surface area (Å²) in [5.41, 5.74) is 2.36. The smallest absolute Gasteiger partial charge is 0.0342 e. The summed E-state index contributed by atoms with van der Waals surface area (Å²) in [4.78, 5) is 7.03. The van der Waals surface area contributed by atoms with Crippen LogP contribution in [0, 0.1) is 0 Å². The molecule has 2 rings (SSSR count). The molecule has 0 bridgehead atoms. The average Bonchev–Trinajstić information content (AvgIpc) is 2.66. The van der Waals surface area contributed by atoms with E-state index in [1.807, 2.05) is 17.8 Å². The molecule has 0 fully saturated rings. The molecular formula is C20H22S6. The summed E-state index contributed by atoms with van der Waals surface area (Å²) < 4.78 is 0. The molecular weight excluding hydrogens is 433 g/mol. The molecule has 0 aromatic heterocycles. The minimum absolute atomic E-state index is 0.908. The maximum atomic E-state index is 4.51. The molecule has 2 aromatic carbocycles. The Morgan fingerprint density at radius 1 is 0.654 bits per heavy atom. The first-order chi connectivity index (χ1) is 12.5. The highest BCUT2D eigenvalue weighted by atomic mass is 32.2. The van der Waals surface area contributed by atoms with Crippen LogP contribution in [0.3, 0.4) is 0 Å². The van der Waals surface area contributed by atoms with E-state index in [1.165, 1.54) is 20.2 Å². The standard InChI is InChI=1S/C20H22S6/c1-23-16-10-13(9-15(21)19(16)22)7-5-6-8-14-11-17(24-2)20(26-4)18(12-14)25-3/h5-12,21-22H,1-4H3/b7-5+,8-6+. The molecule has 0 unspecified atom stereocenters. The molecule has 6 heteroatoms. The van der Waals surface area contributed by atoms with E-state index >= 15 is 0 Å². The molecule has 0 atom stereocenters. The van der Waals surface area contributed by atoms with Crippen LogP contribution in [0.1, 0.15) is 11.1 Å². The monoisotopic (exact) mass is 454 g/mol. The van der Waals surface area contributed by atoms with Crippen molar-refractivity contribution in [2.75, 3.05) is 25.0 Å². The SMILES string of the molecule is CSc1cc(/C=C/C=C/c2cc(SC)c(SC)c(SC)c2)cc(S)c1S. The molecule has 26 heavy (non-hydrogen) atoms. The zero-order valence-corrected chi connectivity index (χ0v) is 20.2. The first-order valence-corrected chi connectivity index (χ1v) is 13.6. The van der Waals surface area contributed by atoms with Crippen LogP contribution in [-0.2, 0) is 0 Å². The predicted molar refractivity (Wildman–Crippen MR) is 133 cm³/mol.